The Morgan fingerprint density at radius 1 is 1.73 bits per heavy atom. The van der Waals surface area contributed by atoms with E-state index in [0.29, 0.717) is 11.4 Å². The molecule has 1 atom stereocenters. The summed E-state index contributed by atoms with van der Waals surface area (Å²) in [6.45, 7) is 3.97. The van der Waals surface area contributed by atoms with E-state index in [9.17, 15) is 4.79 Å². The van der Waals surface area contributed by atoms with Gasteiger partial charge in [-0.15, -0.1) is 22.9 Å². The van der Waals surface area contributed by atoms with Crippen LogP contribution in [-0.4, -0.2) is 17.3 Å². The minimum absolute atomic E-state index is 0.0424. The van der Waals surface area contributed by atoms with Gasteiger partial charge in [0.15, 0.2) is 0 Å². The first-order valence-corrected chi connectivity index (χ1v) is 7.12. The summed E-state index contributed by atoms with van der Waals surface area (Å²) < 4.78 is 1.11. The van der Waals surface area contributed by atoms with Crippen molar-refractivity contribution in [2.24, 2.45) is 0 Å². The molecule has 1 amide bonds. The van der Waals surface area contributed by atoms with Crippen molar-refractivity contribution in [1.82, 2.24) is 5.32 Å². The van der Waals surface area contributed by atoms with E-state index in [1.165, 1.54) is 0 Å². The summed E-state index contributed by atoms with van der Waals surface area (Å²) in [6.07, 6.45) is 0.823. The largest absolute Gasteiger partial charge is 0.346 e. The summed E-state index contributed by atoms with van der Waals surface area (Å²) in [5, 5.41) is 4.82. The molecule has 0 saturated carbocycles. The lowest BCUT2D eigenvalue weighted by Crippen LogP contribution is -2.46. The van der Waals surface area contributed by atoms with Crippen LogP contribution in [0.2, 0.25) is 0 Å². The maximum Gasteiger partial charge on any atom is 0.252 e. The third-order valence-electron chi connectivity index (χ3n) is 2.32. The first kappa shape index (κ1) is 13.3. The molecule has 1 aromatic rings. The highest BCUT2D eigenvalue weighted by Crippen LogP contribution is 2.18. The monoisotopic (exact) mass is 357 g/mol. The molecule has 1 heterocycles. The van der Waals surface area contributed by atoms with Gasteiger partial charge in [-0.05, 0) is 42.0 Å². The van der Waals surface area contributed by atoms with E-state index < -0.39 is 0 Å². The van der Waals surface area contributed by atoms with Crippen LogP contribution in [0.1, 0.15) is 30.6 Å². The van der Waals surface area contributed by atoms with Crippen LogP contribution in [0.15, 0.2) is 11.4 Å². The summed E-state index contributed by atoms with van der Waals surface area (Å²) in [4.78, 5) is 11.8. The molecule has 5 heteroatoms. The lowest BCUT2D eigenvalue weighted by Gasteiger charge is -2.26. The zero-order valence-electron chi connectivity index (χ0n) is 8.64. The first-order valence-electron chi connectivity index (χ1n) is 4.63. The molecule has 0 aliphatic rings. The van der Waals surface area contributed by atoms with Crippen molar-refractivity contribution in [3.05, 3.63) is 19.9 Å². The predicted octanol–water partition coefficient (Wildman–Crippen LogP) is 3.49. The SMILES string of the molecule is CCC(C)(CCl)NC(=O)c1csc(I)c1. The van der Waals surface area contributed by atoms with Crippen molar-refractivity contribution in [2.75, 3.05) is 5.88 Å². The molecule has 0 saturated heterocycles. The molecule has 84 valence electrons. The average Bonchev–Trinajstić information content (AvgIpc) is 2.65. The molecule has 1 N–H and O–H groups in total. The average molecular weight is 358 g/mol. The van der Waals surface area contributed by atoms with Gasteiger partial charge in [0, 0.05) is 11.3 Å². The van der Waals surface area contributed by atoms with E-state index in [1.807, 2.05) is 25.3 Å². The third-order valence-corrected chi connectivity index (χ3v) is 4.70. The maximum absolute atomic E-state index is 11.8. The van der Waals surface area contributed by atoms with E-state index >= 15 is 0 Å². The van der Waals surface area contributed by atoms with Crippen molar-refractivity contribution in [2.45, 2.75) is 25.8 Å². The van der Waals surface area contributed by atoms with Crippen molar-refractivity contribution < 1.29 is 4.79 Å². The van der Waals surface area contributed by atoms with E-state index in [0.717, 1.165) is 9.30 Å². The van der Waals surface area contributed by atoms with Gasteiger partial charge < -0.3 is 5.32 Å². The summed E-state index contributed by atoms with van der Waals surface area (Å²) in [6, 6.07) is 1.88. The number of alkyl halides is 1. The second-order valence-electron chi connectivity index (χ2n) is 3.64. The first-order chi connectivity index (χ1) is 7.00. The van der Waals surface area contributed by atoms with Gasteiger partial charge in [0.2, 0.25) is 0 Å². The second kappa shape index (κ2) is 5.50. The summed E-state index contributed by atoms with van der Waals surface area (Å²) in [5.41, 5.74) is 0.403. The Kier molecular flexibility index (Phi) is 4.86. The molecule has 2 nitrogen and oxygen atoms in total. The van der Waals surface area contributed by atoms with Crippen LogP contribution in [0.5, 0.6) is 0 Å². The Labute approximate surface area is 113 Å². The summed E-state index contributed by atoms with van der Waals surface area (Å²) >= 11 is 9.60. The molecule has 0 aliphatic carbocycles. The second-order valence-corrected chi connectivity index (χ2v) is 6.71. The zero-order valence-corrected chi connectivity index (χ0v) is 12.4. The fourth-order valence-corrected chi connectivity index (χ4v) is 2.57. The molecular formula is C10H13ClINOS. The Morgan fingerprint density at radius 2 is 2.40 bits per heavy atom. The Bertz CT molecular complexity index is 349. The zero-order chi connectivity index (χ0) is 11.5. The van der Waals surface area contributed by atoms with Gasteiger partial charge in [-0.3, -0.25) is 4.79 Å². The Hall–Kier alpha value is 0.190. The molecule has 1 unspecified atom stereocenters. The van der Waals surface area contributed by atoms with E-state index in [2.05, 4.69) is 27.9 Å². The number of carbonyl (C=O) groups excluding carboxylic acids is 1. The van der Waals surface area contributed by atoms with E-state index in [1.54, 1.807) is 11.3 Å². The lowest BCUT2D eigenvalue weighted by molar-refractivity contribution is 0.0913. The third kappa shape index (κ3) is 3.60. The fourth-order valence-electron chi connectivity index (χ4n) is 0.992. The molecule has 15 heavy (non-hydrogen) atoms. The summed E-state index contributed by atoms with van der Waals surface area (Å²) in [5.74, 6) is 0.385. The molecule has 0 bridgehead atoms. The highest BCUT2D eigenvalue weighted by atomic mass is 127. The van der Waals surface area contributed by atoms with Crippen LogP contribution in [-0.2, 0) is 0 Å². The Morgan fingerprint density at radius 3 is 2.80 bits per heavy atom. The van der Waals surface area contributed by atoms with Crippen molar-refractivity contribution in [3.63, 3.8) is 0 Å². The topological polar surface area (TPSA) is 29.1 Å². The molecule has 1 rings (SSSR count). The van der Waals surface area contributed by atoms with E-state index in [-0.39, 0.29) is 11.4 Å². The molecule has 0 aliphatic heterocycles. The van der Waals surface area contributed by atoms with Gasteiger partial charge in [-0.2, -0.15) is 0 Å². The highest BCUT2D eigenvalue weighted by Gasteiger charge is 2.23. The van der Waals surface area contributed by atoms with Crippen molar-refractivity contribution in [1.29, 1.82) is 0 Å². The standard InChI is InChI=1S/C10H13ClINOS/c1-3-10(2,6-11)13-9(14)7-4-8(12)15-5-7/h4-5H,3,6H2,1-2H3,(H,13,14). The van der Waals surface area contributed by atoms with Crippen molar-refractivity contribution >= 4 is 51.4 Å². The molecule has 0 fully saturated rings. The maximum atomic E-state index is 11.8. The number of amides is 1. The lowest BCUT2D eigenvalue weighted by atomic mass is 10.0. The van der Waals surface area contributed by atoms with Crippen LogP contribution in [0.3, 0.4) is 0 Å². The van der Waals surface area contributed by atoms with Gasteiger partial charge in [0.05, 0.1) is 14.0 Å². The molecule has 0 spiro atoms. The quantitative estimate of drug-likeness (QED) is 0.648. The minimum atomic E-state index is -0.313. The van der Waals surface area contributed by atoms with Crippen LogP contribution in [0, 0.1) is 2.88 Å². The predicted molar refractivity (Wildman–Crippen MR) is 73.9 cm³/mol. The van der Waals surface area contributed by atoms with Gasteiger partial charge in [0.25, 0.3) is 5.91 Å². The summed E-state index contributed by atoms with van der Waals surface area (Å²) in [7, 11) is 0. The molecule has 1 aromatic heterocycles. The smallest absolute Gasteiger partial charge is 0.252 e. The number of halogens is 2. The van der Waals surface area contributed by atoms with Crippen LogP contribution < -0.4 is 5.32 Å². The van der Waals surface area contributed by atoms with Crippen LogP contribution in [0.25, 0.3) is 0 Å². The van der Waals surface area contributed by atoms with E-state index in [4.69, 9.17) is 11.6 Å². The highest BCUT2D eigenvalue weighted by molar-refractivity contribution is 14.1. The van der Waals surface area contributed by atoms with Crippen LogP contribution >= 0.6 is 45.5 Å². The van der Waals surface area contributed by atoms with Crippen molar-refractivity contribution in [3.8, 4) is 0 Å². The van der Waals surface area contributed by atoms with Gasteiger partial charge in [0.1, 0.15) is 0 Å². The number of hydrogen-bond acceptors (Lipinski definition) is 2. The number of carbonyl (C=O) groups is 1. The molecule has 0 radical (unpaired) electrons. The van der Waals surface area contributed by atoms with Gasteiger partial charge >= 0.3 is 0 Å². The normalized spacial score (nSPS) is 14.7. The fraction of sp³-hybridized carbons (Fsp3) is 0.500. The molecular weight excluding hydrogens is 345 g/mol. The number of hydrogen-bond donors (Lipinski definition) is 1. The molecule has 0 aromatic carbocycles. The Balaban J connectivity index is 2.71. The minimum Gasteiger partial charge on any atom is -0.346 e. The number of thiophene rings is 1. The number of nitrogens with one attached hydrogen (secondary N) is 1. The number of rotatable bonds is 4. The van der Waals surface area contributed by atoms with Gasteiger partial charge in [-0.1, -0.05) is 6.92 Å². The van der Waals surface area contributed by atoms with Gasteiger partial charge in [-0.25, -0.2) is 0 Å². The van der Waals surface area contributed by atoms with Crippen LogP contribution in [0.4, 0.5) is 0 Å².